The van der Waals surface area contributed by atoms with Gasteiger partial charge in [-0.25, -0.2) is 4.98 Å². The summed E-state index contributed by atoms with van der Waals surface area (Å²) in [6, 6.07) is 6.32. The molecule has 0 spiro atoms. The lowest BCUT2D eigenvalue weighted by Gasteiger charge is -2.15. The van der Waals surface area contributed by atoms with Gasteiger partial charge in [0.15, 0.2) is 0 Å². The molecule has 0 radical (unpaired) electrons. The van der Waals surface area contributed by atoms with Crippen molar-refractivity contribution in [1.82, 2.24) is 9.97 Å². The molecule has 21 heavy (non-hydrogen) atoms. The molecule has 110 valence electrons. The molecule has 0 bridgehead atoms. The van der Waals surface area contributed by atoms with Crippen LogP contribution in [0.5, 0.6) is 5.75 Å². The number of nitrogens with zero attached hydrogens (tertiary/aromatic N) is 1. The Labute approximate surface area is 119 Å². The fraction of sp³-hybridized carbons (Fsp3) is 0.333. The molecular formula is C15H14F2N2O2. The Morgan fingerprint density at radius 1 is 1.19 bits per heavy atom. The lowest BCUT2D eigenvalue weighted by Crippen LogP contribution is -2.21. The van der Waals surface area contributed by atoms with E-state index in [1.54, 1.807) is 18.2 Å². The first kappa shape index (κ1) is 13.7. The number of H-pyrrole nitrogens is 1. The number of para-hydroxylation sites is 1. The average Bonchev–Trinajstić information content (AvgIpc) is 2.47. The van der Waals surface area contributed by atoms with Crippen molar-refractivity contribution in [2.45, 2.75) is 32.3 Å². The monoisotopic (exact) mass is 292 g/mol. The first-order chi connectivity index (χ1) is 10.1. The predicted octanol–water partition coefficient (Wildman–Crippen LogP) is 2.92. The summed E-state index contributed by atoms with van der Waals surface area (Å²) in [5.74, 6) is 0.281. The third-order valence-corrected chi connectivity index (χ3v) is 3.55. The van der Waals surface area contributed by atoms with Crippen LogP contribution in [0.25, 0.3) is 11.4 Å². The molecule has 1 aromatic heterocycles. The van der Waals surface area contributed by atoms with Gasteiger partial charge in [-0.15, -0.1) is 0 Å². The molecule has 0 atom stereocenters. The van der Waals surface area contributed by atoms with Gasteiger partial charge in [-0.2, -0.15) is 8.78 Å². The average molecular weight is 292 g/mol. The summed E-state index contributed by atoms with van der Waals surface area (Å²) >= 11 is 0. The van der Waals surface area contributed by atoms with E-state index >= 15 is 0 Å². The number of benzene rings is 1. The molecule has 0 saturated heterocycles. The van der Waals surface area contributed by atoms with Gasteiger partial charge in [-0.3, -0.25) is 4.79 Å². The number of ether oxygens (including phenoxy) is 1. The van der Waals surface area contributed by atoms with Crippen LogP contribution < -0.4 is 10.3 Å². The van der Waals surface area contributed by atoms with Crippen LogP contribution in [0, 0.1) is 0 Å². The van der Waals surface area contributed by atoms with E-state index in [1.807, 2.05) is 0 Å². The summed E-state index contributed by atoms with van der Waals surface area (Å²) in [7, 11) is 0. The van der Waals surface area contributed by atoms with E-state index in [0.29, 0.717) is 17.5 Å². The van der Waals surface area contributed by atoms with Gasteiger partial charge in [0.05, 0.1) is 11.3 Å². The van der Waals surface area contributed by atoms with Gasteiger partial charge in [0.1, 0.15) is 11.6 Å². The predicted molar refractivity (Wildman–Crippen MR) is 73.6 cm³/mol. The highest BCUT2D eigenvalue weighted by Crippen LogP contribution is 2.29. The van der Waals surface area contributed by atoms with Crippen molar-refractivity contribution in [3.8, 4) is 17.1 Å². The number of hydrogen-bond donors (Lipinski definition) is 1. The van der Waals surface area contributed by atoms with E-state index in [-0.39, 0.29) is 17.1 Å². The summed E-state index contributed by atoms with van der Waals surface area (Å²) in [5, 5.41) is 0. The number of nitrogens with one attached hydrogen (secondary N) is 1. The molecule has 1 aliphatic carbocycles. The molecular weight excluding hydrogens is 278 g/mol. The number of alkyl halides is 2. The van der Waals surface area contributed by atoms with Gasteiger partial charge >= 0.3 is 6.61 Å². The smallest absolute Gasteiger partial charge is 0.387 e. The third-order valence-electron chi connectivity index (χ3n) is 3.55. The van der Waals surface area contributed by atoms with Crippen LogP contribution in [0.3, 0.4) is 0 Å². The Morgan fingerprint density at radius 2 is 1.95 bits per heavy atom. The summed E-state index contributed by atoms with van der Waals surface area (Å²) in [6.07, 6.45) is 3.41. The second-order valence-electron chi connectivity index (χ2n) is 4.92. The minimum absolute atomic E-state index is 0.00593. The van der Waals surface area contributed by atoms with Crippen LogP contribution in [0.2, 0.25) is 0 Å². The highest BCUT2D eigenvalue weighted by atomic mass is 19.3. The second kappa shape index (κ2) is 5.63. The number of aryl methyl sites for hydroxylation is 1. The fourth-order valence-corrected chi connectivity index (χ4v) is 2.59. The normalized spacial score (nSPS) is 14.0. The number of halogens is 2. The molecule has 1 heterocycles. The first-order valence-electron chi connectivity index (χ1n) is 6.81. The van der Waals surface area contributed by atoms with Crippen molar-refractivity contribution in [1.29, 1.82) is 0 Å². The van der Waals surface area contributed by atoms with Crippen molar-refractivity contribution in [3.63, 3.8) is 0 Å². The van der Waals surface area contributed by atoms with Gasteiger partial charge in [-0.1, -0.05) is 12.1 Å². The van der Waals surface area contributed by atoms with Crippen molar-refractivity contribution in [2.75, 3.05) is 0 Å². The zero-order valence-corrected chi connectivity index (χ0v) is 11.2. The van der Waals surface area contributed by atoms with Crippen LogP contribution in [0.4, 0.5) is 8.78 Å². The van der Waals surface area contributed by atoms with Gasteiger partial charge in [0.2, 0.25) is 0 Å². The number of hydrogen-bond acceptors (Lipinski definition) is 3. The molecule has 0 amide bonds. The lowest BCUT2D eigenvalue weighted by atomic mass is 9.97. The van der Waals surface area contributed by atoms with Gasteiger partial charge in [0, 0.05) is 5.56 Å². The van der Waals surface area contributed by atoms with E-state index in [9.17, 15) is 13.6 Å². The Bertz CT molecular complexity index is 713. The summed E-state index contributed by atoms with van der Waals surface area (Å²) in [5.41, 5.74) is 1.63. The van der Waals surface area contributed by atoms with E-state index in [4.69, 9.17) is 0 Å². The minimum Gasteiger partial charge on any atom is -0.434 e. The maximum Gasteiger partial charge on any atom is 0.387 e. The highest BCUT2D eigenvalue weighted by molar-refractivity contribution is 5.64. The van der Waals surface area contributed by atoms with Crippen LogP contribution in [-0.4, -0.2) is 16.6 Å². The van der Waals surface area contributed by atoms with E-state index in [2.05, 4.69) is 14.7 Å². The van der Waals surface area contributed by atoms with Gasteiger partial charge < -0.3 is 9.72 Å². The van der Waals surface area contributed by atoms with Crippen LogP contribution in [0.1, 0.15) is 24.1 Å². The zero-order valence-electron chi connectivity index (χ0n) is 11.2. The molecule has 1 N–H and O–H groups in total. The Hall–Kier alpha value is -2.24. The Morgan fingerprint density at radius 3 is 2.76 bits per heavy atom. The van der Waals surface area contributed by atoms with E-state index in [1.165, 1.54) is 6.07 Å². The molecule has 0 aliphatic heterocycles. The van der Waals surface area contributed by atoms with Crippen molar-refractivity contribution < 1.29 is 13.5 Å². The van der Waals surface area contributed by atoms with Crippen LogP contribution in [-0.2, 0) is 12.8 Å². The maximum absolute atomic E-state index is 12.5. The van der Waals surface area contributed by atoms with Gasteiger partial charge in [0.25, 0.3) is 5.56 Å². The highest BCUT2D eigenvalue weighted by Gasteiger charge is 2.18. The fourth-order valence-electron chi connectivity index (χ4n) is 2.59. The lowest BCUT2D eigenvalue weighted by molar-refractivity contribution is -0.0494. The summed E-state index contributed by atoms with van der Waals surface area (Å²) in [4.78, 5) is 19.2. The Balaban J connectivity index is 2.09. The van der Waals surface area contributed by atoms with Crippen LogP contribution in [0.15, 0.2) is 29.1 Å². The van der Waals surface area contributed by atoms with Crippen molar-refractivity contribution in [3.05, 3.63) is 45.9 Å². The number of rotatable bonds is 3. The van der Waals surface area contributed by atoms with Gasteiger partial charge in [-0.05, 0) is 37.8 Å². The molecule has 0 saturated carbocycles. The summed E-state index contributed by atoms with van der Waals surface area (Å²) < 4.78 is 29.4. The molecule has 0 unspecified atom stereocenters. The van der Waals surface area contributed by atoms with Crippen molar-refractivity contribution >= 4 is 0 Å². The number of fused-ring (bicyclic) bond motifs is 1. The zero-order chi connectivity index (χ0) is 14.8. The summed E-state index contributed by atoms with van der Waals surface area (Å²) in [6.45, 7) is -2.92. The van der Waals surface area contributed by atoms with E-state index in [0.717, 1.165) is 25.0 Å². The topological polar surface area (TPSA) is 55.0 Å². The Kier molecular flexibility index (Phi) is 3.68. The number of aromatic nitrogens is 2. The maximum atomic E-state index is 12.5. The molecule has 3 rings (SSSR count). The molecule has 6 heteroatoms. The molecule has 1 aromatic carbocycles. The largest absolute Gasteiger partial charge is 0.434 e. The standard InChI is InChI=1S/C15H14F2N2O2/c16-15(17)21-12-8-4-2-6-10(12)13-18-11-7-3-1-5-9(11)14(20)19-13/h2,4,6,8,15H,1,3,5,7H2,(H,18,19,20). The SMILES string of the molecule is O=c1[nH]c(-c2ccccc2OC(F)F)nc2c1CCCC2. The van der Waals surface area contributed by atoms with Crippen molar-refractivity contribution in [2.24, 2.45) is 0 Å². The van der Waals surface area contributed by atoms with Crippen LogP contribution >= 0.6 is 0 Å². The first-order valence-corrected chi connectivity index (χ1v) is 6.81. The number of aromatic amines is 1. The minimum atomic E-state index is -2.92. The molecule has 1 aliphatic rings. The molecule has 0 fully saturated rings. The molecule has 4 nitrogen and oxygen atoms in total. The molecule has 2 aromatic rings. The second-order valence-corrected chi connectivity index (χ2v) is 4.92. The third kappa shape index (κ3) is 2.79. The van der Waals surface area contributed by atoms with E-state index < -0.39 is 6.61 Å². The quantitative estimate of drug-likeness (QED) is 0.946.